The molecule has 5 heteroatoms. The minimum absolute atomic E-state index is 0. The van der Waals surface area contributed by atoms with Crippen LogP contribution in [0.3, 0.4) is 0 Å². The summed E-state index contributed by atoms with van der Waals surface area (Å²) in [5.74, 6) is 15.4. The zero-order chi connectivity index (χ0) is 21.8. The quantitative estimate of drug-likeness (QED) is 0.286. The van der Waals surface area contributed by atoms with E-state index in [1.807, 2.05) is 0 Å². The predicted octanol–water partition coefficient (Wildman–Crippen LogP) is 8.69. The maximum Gasteiger partial charge on any atom is -0.147 e. The van der Waals surface area contributed by atoms with E-state index in [4.69, 9.17) is 0 Å². The van der Waals surface area contributed by atoms with E-state index in [9.17, 15) is 0 Å². The van der Waals surface area contributed by atoms with E-state index >= 15 is 0 Å². The first-order valence-electron chi connectivity index (χ1n) is 11.3. The fourth-order valence-electron chi connectivity index (χ4n) is 5.36. The molecular weight excluding hydrogens is 632 g/mol. The molecule has 0 radical (unpaired) electrons. The Morgan fingerprint density at radius 1 is 0.625 bits per heavy atom. The van der Waals surface area contributed by atoms with Crippen LogP contribution in [0.2, 0.25) is 34.5 Å². The van der Waals surface area contributed by atoms with Crippen molar-refractivity contribution in [3.05, 3.63) is 82.9 Å². The number of allylic oxidation sites excluding steroid dienone is 2. The van der Waals surface area contributed by atoms with Crippen molar-refractivity contribution >= 4 is 63.4 Å². The first kappa shape index (κ1) is 28.6. The Hall–Kier alpha value is 0.339. The van der Waals surface area contributed by atoms with Crippen molar-refractivity contribution in [3.8, 4) is 0 Å². The van der Waals surface area contributed by atoms with Crippen molar-refractivity contribution < 1.29 is 21.3 Å². The van der Waals surface area contributed by atoms with Gasteiger partial charge in [0.1, 0.15) is 0 Å². The van der Waals surface area contributed by atoms with Gasteiger partial charge < -0.3 is 0 Å². The van der Waals surface area contributed by atoms with Gasteiger partial charge >= 0.3 is 198 Å². The van der Waals surface area contributed by atoms with Crippen LogP contribution >= 0.6 is 24.8 Å². The van der Waals surface area contributed by atoms with Crippen LogP contribution in [0.5, 0.6) is 0 Å². The molecule has 32 heavy (non-hydrogen) atoms. The maximum absolute atomic E-state index is 2.78. The topological polar surface area (TPSA) is 0 Å². The summed E-state index contributed by atoms with van der Waals surface area (Å²) < 4.78 is 6.64. The van der Waals surface area contributed by atoms with E-state index in [1.54, 1.807) is 34.3 Å². The van der Waals surface area contributed by atoms with Gasteiger partial charge in [-0.3, -0.25) is 0 Å². The van der Waals surface area contributed by atoms with Crippen molar-refractivity contribution in [3.63, 3.8) is 0 Å². The molecule has 0 heterocycles. The zero-order valence-corrected chi connectivity index (χ0v) is 29.0. The zero-order valence-electron chi connectivity index (χ0n) is 20.7. The van der Waals surface area contributed by atoms with Gasteiger partial charge in [-0.25, -0.2) is 0 Å². The molecule has 0 fully saturated rings. The Balaban J connectivity index is 0.00000181. The Bertz CT molecular complexity index is 1020. The molecule has 2 unspecified atom stereocenters. The maximum atomic E-state index is 2.78. The minimum atomic E-state index is -2.03. The molecular formula is C27H38Cl2Ge2Zr. The number of hydrogen-bond donors (Lipinski definition) is 0. The van der Waals surface area contributed by atoms with E-state index in [0.717, 1.165) is 0 Å². The first-order chi connectivity index (χ1) is 14.0. The summed E-state index contributed by atoms with van der Waals surface area (Å²) in [5, 5.41) is 0. The first-order valence-corrected chi connectivity index (χ1v) is 30.1. The van der Waals surface area contributed by atoms with Crippen molar-refractivity contribution in [2.45, 2.75) is 55.6 Å². The number of benzene rings is 2. The molecule has 0 spiro atoms. The molecule has 2 atom stereocenters. The summed E-state index contributed by atoms with van der Waals surface area (Å²) in [7, 11) is 0. The molecule has 2 aromatic carbocycles. The van der Waals surface area contributed by atoms with Crippen LogP contribution in [0.15, 0.2) is 60.7 Å². The van der Waals surface area contributed by atoms with E-state index in [1.165, 1.54) is 0 Å². The second-order valence-corrected chi connectivity index (χ2v) is 40.1. The standard InChI is InChI=1S/2C12H15Ge.C3H6.2ClH.Zr/c2*1-13(2,3)12-9-8-10-6-4-5-7-11(10)12;1-3-2;;;/h2*4-9H,1-3H3;1-2H3;2*1H;. The van der Waals surface area contributed by atoms with Crippen molar-refractivity contribution in [2.75, 3.05) is 0 Å². The largest absolute Gasteiger partial charge is 0.147 e. The predicted molar refractivity (Wildman–Crippen MR) is 152 cm³/mol. The molecule has 0 N–H and O–H groups in total. The molecule has 172 valence electrons. The Labute approximate surface area is 221 Å². The minimum Gasteiger partial charge on any atom is -0.147 e. The van der Waals surface area contributed by atoms with Gasteiger partial charge in [0.2, 0.25) is 0 Å². The van der Waals surface area contributed by atoms with E-state index in [0.29, 0.717) is 7.25 Å². The van der Waals surface area contributed by atoms with Gasteiger partial charge in [-0.15, -0.1) is 24.8 Å². The van der Waals surface area contributed by atoms with E-state index < -0.39 is 47.8 Å². The average Bonchev–Trinajstić information content (AvgIpc) is 3.22. The van der Waals surface area contributed by atoms with Crippen molar-refractivity contribution in [2.24, 2.45) is 0 Å². The van der Waals surface area contributed by atoms with Gasteiger partial charge in [0.25, 0.3) is 0 Å². The van der Waals surface area contributed by atoms with Gasteiger partial charge in [-0.1, -0.05) is 0 Å². The van der Waals surface area contributed by atoms with Crippen LogP contribution in [0.4, 0.5) is 0 Å². The van der Waals surface area contributed by atoms with Crippen molar-refractivity contribution in [1.29, 1.82) is 0 Å². The monoisotopic (exact) mass is 670 g/mol. The van der Waals surface area contributed by atoms with Gasteiger partial charge in [0.05, 0.1) is 0 Å². The van der Waals surface area contributed by atoms with Crippen LogP contribution in [0.25, 0.3) is 8.81 Å². The SMILES string of the molecule is C[C](C)=[Zr]([CH]1C=[C]([Ge]([CH3])([CH3])[CH3])c2ccccc21)[CH]1C=[C]([Ge]([CH3])([CH3])[CH3])c2ccccc21.Cl.Cl. The fraction of sp³-hybridized carbons (Fsp3) is 0.370. The molecule has 0 nitrogen and oxygen atoms in total. The van der Waals surface area contributed by atoms with Gasteiger partial charge in [-0.05, 0) is 0 Å². The summed E-state index contributed by atoms with van der Waals surface area (Å²) in [5.41, 5.74) is 6.50. The Kier molecular flexibility index (Phi) is 9.40. The molecule has 2 aliphatic rings. The number of rotatable bonds is 4. The van der Waals surface area contributed by atoms with Crippen LogP contribution in [0.1, 0.15) is 43.4 Å². The Morgan fingerprint density at radius 2 is 0.969 bits per heavy atom. The Morgan fingerprint density at radius 3 is 1.28 bits per heavy atom. The van der Waals surface area contributed by atoms with Crippen LogP contribution in [-0.2, 0) is 21.3 Å². The van der Waals surface area contributed by atoms with Crippen LogP contribution in [-0.4, -0.2) is 29.7 Å². The fourth-order valence-corrected chi connectivity index (χ4v) is 22.8. The number of hydrogen-bond acceptors (Lipinski definition) is 0. The third-order valence-corrected chi connectivity index (χ3v) is 23.8. The second-order valence-electron chi connectivity index (χ2n) is 11.2. The molecule has 0 saturated carbocycles. The van der Waals surface area contributed by atoms with Gasteiger partial charge in [0, 0.05) is 0 Å². The second kappa shape index (κ2) is 10.5. The summed E-state index contributed by atoms with van der Waals surface area (Å²) in [6.45, 7) is 4.91. The van der Waals surface area contributed by atoms with E-state index in [2.05, 4.69) is 109 Å². The third kappa shape index (κ3) is 5.28. The number of fused-ring (bicyclic) bond motifs is 2. The summed E-state index contributed by atoms with van der Waals surface area (Å²) in [6, 6.07) is 18.8. The normalized spacial score (nSPS) is 19.1. The molecule has 0 aliphatic heterocycles. The number of halogens is 2. The van der Waals surface area contributed by atoms with Crippen LogP contribution < -0.4 is 0 Å². The molecule has 4 rings (SSSR count). The summed E-state index contributed by atoms with van der Waals surface area (Å²) >= 11 is -5.88. The summed E-state index contributed by atoms with van der Waals surface area (Å²) in [6.07, 6.45) is 5.55. The molecule has 0 saturated heterocycles. The van der Waals surface area contributed by atoms with Crippen LogP contribution in [0, 0.1) is 0 Å². The molecule has 2 aliphatic carbocycles. The molecule has 0 bridgehead atoms. The average molecular weight is 670 g/mol. The van der Waals surface area contributed by atoms with E-state index in [-0.39, 0.29) is 24.8 Å². The summed E-state index contributed by atoms with van der Waals surface area (Å²) in [4.78, 5) is 0. The molecule has 0 amide bonds. The molecule has 2 aromatic rings. The van der Waals surface area contributed by atoms with Crippen molar-refractivity contribution in [1.82, 2.24) is 0 Å². The third-order valence-electron chi connectivity index (χ3n) is 6.70. The molecule has 0 aromatic heterocycles. The smallest absolute Gasteiger partial charge is 0.147 e. The van der Waals surface area contributed by atoms with Gasteiger partial charge in [-0.2, -0.15) is 0 Å². The van der Waals surface area contributed by atoms with Gasteiger partial charge in [0.15, 0.2) is 0 Å².